The average Bonchev–Trinajstić information content (AvgIpc) is 2.23. The van der Waals surface area contributed by atoms with Gasteiger partial charge in [-0.1, -0.05) is 6.07 Å². The van der Waals surface area contributed by atoms with Crippen molar-refractivity contribution < 1.29 is 9.53 Å². The lowest BCUT2D eigenvalue weighted by Crippen LogP contribution is -2.10. The van der Waals surface area contributed by atoms with Crippen molar-refractivity contribution >= 4 is 34.2 Å². The zero-order valence-corrected chi connectivity index (χ0v) is 11.0. The quantitative estimate of drug-likeness (QED) is 0.685. The molecule has 1 rings (SSSR count). The number of hydrogen-bond acceptors (Lipinski definition) is 3. The minimum Gasteiger partial charge on any atom is -0.469 e. The summed E-state index contributed by atoms with van der Waals surface area (Å²) in [6, 6.07) is 6.18. The van der Waals surface area contributed by atoms with Crippen molar-refractivity contribution in [3.8, 4) is 0 Å². The van der Waals surface area contributed by atoms with E-state index < -0.39 is 0 Å². The molecule has 1 aromatic carbocycles. The second-order valence-electron chi connectivity index (χ2n) is 3.24. The Morgan fingerprint density at radius 3 is 2.93 bits per heavy atom. The van der Waals surface area contributed by atoms with E-state index in [2.05, 4.69) is 50.8 Å². The maximum atomic E-state index is 10.9. The van der Waals surface area contributed by atoms with Crippen molar-refractivity contribution in [2.45, 2.75) is 13.3 Å². The van der Waals surface area contributed by atoms with Crippen LogP contribution in [0, 0.1) is 10.5 Å². The van der Waals surface area contributed by atoms with Gasteiger partial charge in [-0.05, 0) is 47.2 Å². The summed E-state index contributed by atoms with van der Waals surface area (Å²) in [5.74, 6) is -0.190. The number of halogens is 1. The number of methoxy groups -OCH3 is 1. The number of hydrogen-bond donors (Lipinski definition) is 1. The molecule has 0 unspecified atom stereocenters. The first-order valence-electron chi connectivity index (χ1n) is 4.70. The summed E-state index contributed by atoms with van der Waals surface area (Å²) in [6.07, 6.45) is 0.389. The van der Waals surface area contributed by atoms with Gasteiger partial charge in [-0.25, -0.2) is 0 Å². The zero-order valence-electron chi connectivity index (χ0n) is 8.84. The maximum absolute atomic E-state index is 10.9. The summed E-state index contributed by atoms with van der Waals surface area (Å²) < 4.78 is 5.72. The van der Waals surface area contributed by atoms with Gasteiger partial charge in [-0.2, -0.15) is 0 Å². The predicted octanol–water partition coefficient (Wildman–Crippen LogP) is 2.57. The highest BCUT2D eigenvalue weighted by atomic mass is 127. The monoisotopic (exact) mass is 319 g/mol. The molecule has 0 saturated heterocycles. The van der Waals surface area contributed by atoms with Gasteiger partial charge in [0, 0.05) is 15.8 Å². The largest absolute Gasteiger partial charge is 0.469 e. The number of ether oxygens (including phenoxy) is 1. The van der Waals surface area contributed by atoms with E-state index in [-0.39, 0.29) is 5.97 Å². The lowest BCUT2D eigenvalue weighted by molar-refractivity contribution is -0.140. The smallest absolute Gasteiger partial charge is 0.307 e. The van der Waals surface area contributed by atoms with Crippen LogP contribution in [0.15, 0.2) is 18.2 Å². The Morgan fingerprint density at radius 1 is 1.53 bits per heavy atom. The lowest BCUT2D eigenvalue weighted by atomic mass is 10.2. The van der Waals surface area contributed by atoms with Gasteiger partial charge in [0.05, 0.1) is 13.5 Å². The molecule has 0 atom stereocenters. The van der Waals surface area contributed by atoms with Crippen LogP contribution in [0.25, 0.3) is 0 Å². The first-order chi connectivity index (χ1) is 7.13. The number of aryl methyl sites for hydroxylation is 1. The van der Waals surface area contributed by atoms with E-state index in [1.807, 2.05) is 6.92 Å². The Balaban J connectivity index is 2.50. The Kier molecular flexibility index (Phi) is 4.87. The molecule has 0 aliphatic rings. The van der Waals surface area contributed by atoms with Crippen LogP contribution < -0.4 is 5.32 Å². The van der Waals surface area contributed by atoms with Gasteiger partial charge in [0.25, 0.3) is 0 Å². The number of anilines is 1. The minimum absolute atomic E-state index is 0.190. The second-order valence-corrected chi connectivity index (χ2v) is 4.40. The Labute approximate surface area is 103 Å². The van der Waals surface area contributed by atoms with E-state index in [0.29, 0.717) is 13.0 Å². The molecule has 1 aromatic rings. The molecule has 0 aromatic heterocycles. The Bertz CT molecular complexity index is 352. The van der Waals surface area contributed by atoms with Crippen LogP contribution in [-0.4, -0.2) is 19.6 Å². The molecule has 0 aliphatic heterocycles. The average molecular weight is 319 g/mol. The van der Waals surface area contributed by atoms with Crippen molar-refractivity contribution in [1.82, 2.24) is 0 Å². The van der Waals surface area contributed by atoms with Crippen LogP contribution in [-0.2, 0) is 9.53 Å². The molecular formula is C11H14INO2. The molecule has 0 bridgehead atoms. The molecule has 0 amide bonds. The lowest BCUT2D eigenvalue weighted by Gasteiger charge is -2.08. The van der Waals surface area contributed by atoms with E-state index in [1.165, 1.54) is 12.7 Å². The fourth-order valence-electron chi connectivity index (χ4n) is 1.18. The molecule has 0 radical (unpaired) electrons. The number of benzene rings is 1. The Morgan fingerprint density at radius 2 is 2.27 bits per heavy atom. The topological polar surface area (TPSA) is 38.3 Å². The minimum atomic E-state index is -0.190. The fraction of sp³-hybridized carbons (Fsp3) is 0.364. The van der Waals surface area contributed by atoms with Gasteiger partial charge in [-0.15, -0.1) is 0 Å². The first-order valence-corrected chi connectivity index (χ1v) is 5.78. The van der Waals surface area contributed by atoms with Crippen molar-refractivity contribution in [2.24, 2.45) is 0 Å². The van der Waals surface area contributed by atoms with Gasteiger partial charge in [0.15, 0.2) is 0 Å². The molecule has 1 N–H and O–H groups in total. The van der Waals surface area contributed by atoms with Gasteiger partial charge < -0.3 is 10.1 Å². The number of carbonyl (C=O) groups is 1. The van der Waals surface area contributed by atoms with E-state index in [9.17, 15) is 4.79 Å². The molecule has 0 spiro atoms. The van der Waals surface area contributed by atoms with Gasteiger partial charge in [-0.3, -0.25) is 4.79 Å². The second kappa shape index (κ2) is 5.95. The summed E-state index contributed by atoms with van der Waals surface area (Å²) >= 11 is 2.26. The molecule has 0 heterocycles. The van der Waals surface area contributed by atoms with Crippen LogP contribution in [0.5, 0.6) is 0 Å². The first kappa shape index (κ1) is 12.3. The van der Waals surface area contributed by atoms with Crippen LogP contribution in [0.3, 0.4) is 0 Å². The standard InChI is InChI=1S/C11H14INO2/c1-8-3-4-9(12)10(7-8)13-6-5-11(14)15-2/h3-4,7,13H,5-6H2,1-2H3. The van der Waals surface area contributed by atoms with E-state index >= 15 is 0 Å². The molecule has 0 saturated carbocycles. The third-order valence-corrected chi connectivity index (χ3v) is 2.93. The molecule has 3 nitrogen and oxygen atoms in total. The molecule has 0 fully saturated rings. The highest BCUT2D eigenvalue weighted by Gasteiger charge is 2.02. The highest BCUT2D eigenvalue weighted by Crippen LogP contribution is 2.19. The van der Waals surface area contributed by atoms with Gasteiger partial charge in [0.1, 0.15) is 0 Å². The zero-order chi connectivity index (χ0) is 11.3. The van der Waals surface area contributed by atoms with E-state index in [0.717, 1.165) is 9.26 Å². The van der Waals surface area contributed by atoms with E-state index in [4.69, 9.17) is 0 Å². The third-order valence-electron chi connectivity index (χ3n) is 1.99. The maximum Gasteiger partial charge on any atom is 0.307 e. The third kappa shape index (κ3) is 4.07. The SMILES string of the molecule is COC(=O)CCNc1cc(C)ccc1I. The van der Waals surface area contributed by atoms with Crippen LogP contribution in [0.1, 0.15) is 12.0 Å². The van der Waals surface area contributed by atoms with Gasteiger partial charge in [0.2, 0.25) is 0 Å². The number of nitrogens with one attached hydrogen (secondary N) is 1. The van der Waals surface area contributed by atoms with Gasteiger partial charge >= 0.3 is 5.97 Å². The number of rotatable bonds is 4. The van der Waals surface area contributed by atoms with Crippen LogP contribution >= 0.6 is 22.6 Å². The molecule has 0 aliphatic carbocycles. The van der Waals surface area contributed by atoms with Crippen molar-refractivity contribution in [3.05, 3.63) is 27.3 Å². The predicted molar refractivity (Wildman–Crippen MR) is 69.0 cm³/mol. The molecular weight excluding hydrogens is 305 g/mol. The van der Waals surface area contributed by atoms with Crippen LogP contribution in [0.4, 0.5) is 5.69 Å². The summed E-state index contributed by atoms with van der Waals surface area (Å²) in [7, 11) is 1.40. The summed E-state index contributed by atoms with van der Waals surface area (Å²) in [6.45, 7) is 2.65. The fourth-order valence-corrected chi connectivity index (χ4v) is 1.70. The summed E-state index contributed by atoms with van der Waals surface area (Å²) in [4.78, 5) is 10.9. The summed E-state index contributed by atoms with van der Waals surface area (Å²) in [5.41, 5.74) is 2.27. The summed E-state index contributed by atoms with van der Waals surface area (Å²) in [5, 5.41) is 3.21. The van der Waals surface area contributed by atoms with Crippen LogP contribution in [0.2, 0.25) is 0 Å². The number of carbonyl (C=O) groups excluding carboxylic acids is 1. The molecule has 15 heavy (non-hydrogen) atoms. The highest BCUT2D eigenvalue weighted by molar-refractivity contribution is 14.1. The Hall–Kier alpha value is -0.780. The van der Waals surface area contributed by atoms with Crippen molar-refractivity contribution in [3.63, 3.8) is 0 Å². The van der Waals surface area contributed by atoms with E-state index in [1.54, 1.807) is 0 Å². The molecule has 82 valence electrons. The normalized spacial score (nSPS) is 9.80. The number of esters is 1. The van der Waals surface area contributed by atoms with Crippen molar-refractivity contribution in [2.75, 3.05) is 19.0 Å². The molecule has 4 heteroatoms. The van der Waals surface area contributed by atoms with Crippen molar-refractivity contribution in [1.29, 1.82) is 0 Å².